The van der Waals surface area contributed by atoms with E-state index < -0.39 is 5.82 Å². The number of nitrogens with zero attached hydrogens (tertiary/aromatic N) is 2. The zero-order valence-corrected chi connectivity index (χ0v) is 14.5. The Balaban J connectivity index is 1.70. The van der Waals surface area contributed by atoms with E-state index in [1.54, 1.807) is 11.0 Å². The Morgan fingerprint density at radius 3 is 2.69 bits per heavy atom. The summed E-state index contributed by atoms with van der Waals surface area (Å²) in [6, 6.07) is 10.5. The maximum atomic E-state index is 13.5. The number of rotatable bonds is 7. The summed E-state index contributed by atoms with van der Waals surface area (Å²) in [4.78, 5) is 14.4. The molecule has 0 N–H and O–H groups in total. The molecule has 0 aliphatic heterocycles. The maximum absolute atomic E-state index is 13.5. The van der Waals surface area contributed by atoms with Crippen LogP contribution in [0, 0.1) is 11.6 Å². The molecule has 0 aliphatic rings. The molecule has 2 aromatic carbocycles. The highest BCUT2D eigenvalue weighted by Crippen LogP contribution is 2.20. The van der Waals surface area contributed by atoms with Gasteiger partial charge in [-0.15, -0.1) is 0 Å². The summed E-state index contributed by atoms with van der Waals surface area (Å²) < 4.78 is 31.9. The summed E-state index contributed by atoms with van der Waals surface area (Å²) in [5.41, 5.74) is 1.72. The van der Waals surface area contributed by atoms with Gasteiger partial charge in [-0.3, -0.25) is 4.79 Å². The molecule has 6 heteroatoms. The normalized spacial score (nSPS) is 11.0. The molecule has 0 saturated carbocycles. The van der Waals surface area contributed by atoms with E-state index in [1.807, 2.05) is 13.0 Å². The SMILES string of the molecule is CCCN(CCc1cccc(F)c1)C(=O)Cc1noc2ccc(F)cc12. The van der Waals surface area contributed by atoms with Crippen molar-refractivity contribution in [3.05, 3.63) is 65.4 Å². The van der Waals surface area contributed by atoms with E-state index >= 15 is 0 Å². The molecule has 0 unspecified atom stereocenters. The first-order valence-corrected chi connectivity index (χ1v) is 8.63. The van der Waals surface area contributed by atoms with Crippen molar-refractivity contribution in [3.8, 4) is 0 Å². The average Bonchev–Trinajstić information content (AvgIpc) is 3.00. The molecule has 0 fully saturated rings. The maximum Gasteiger partial charge on any atom is 0.228 e. The number of benzene rings is 2. The summed E-state index contributed by atoms with van der Waals surface area (Å²) in [5.74, 6) is -0.791. The van der Waals surface area contributed by atoms with Crippen LogP contribution in [0.3, 0.4) is 0 Å². The van der Waals surface area contributed by atoms with Gasteiger partial charge >= 0.3 is 0 Å². The summed E-state index contributed by atoms with van der Waals surface area (Å²) >= 11 is 0. The van der Waals surface area contributed by atoms with Crippen molar-refractivity contribution >= 4 is 16.9 Å². The molecule has 0 radical (unpaired) electrons. The number of carbonyl (C=O) groups is 1. The molecule has 0 aliphatic carbocycles. The number of hydrogen-bond donors (Lipinski definition) is 0. The second kappa shape index (κ2) is 8.08. The highest BCUT2D eigenvalue weighted by atomic mass is 19.1. The van der Waals surface area contributed by atoms with Crippen LogP contribution in [0.15, 0.2) is 47.0 Å². The fraction of sp³-hybridized carbons (Fsp3) is 0.300. The minimum atomic E-state index is -0.397. The Bertz CT molecular complexity index is 908. The smallest absolute Gasteiger partial charge is 0.228 e. The van der Waals surface area contributed by atoms with Gasteiger partial charge in [0, 0.05) is 18.5 Å². The molecule has 4 nitrogen and oxygen atoms in total. The molecule has 1 aromatic heterocycles. The molecule has 0 bridgehead atoms. The number of fused-ring (bicyclic) bond motifs is 1. The topological polar surface area (TPSA) is 46.3 Å². The van der Waals surface area contributed by atoms with Crippen molar-refractivity contribution in [1.29, 1.82) is 0 Å². The molecule has 26 heavy (non-hydrogen) atoms. The minimum Gasteiger partial charge on any atom is -0.356 e. The number of carbonyl (C=O) groups excluding carboxylic acids is 1. The minimum absolute atomic E-state index is 0.0413. The highest BCUT2D eigenvalue weighted by Gasteiger charge is 2.18. The quantitative estimate of drug-likeness (QED) is 0.638. The fourth-order valence-corrected chi connectivity index (χ4v) is 2.93. The first kappa shape index (κ1) is 18.0. The van der Waals surface area contributed by atoms with E-state index in [0.717, 1.165) is 12.0 Å². The second-order valence-electron chi connectivity index (χ2n) is 6.21. The van der Waals surface area contributed by atoms with Crippen LogP contribution in [0.2, 0.25) is 0 Å². The molecular formula is C20H20F2N2O2. The van der Waals surface area contributed by atoms with Crippen LogP contribution < -0.4 is 0 Å². The number of aromatic nitrogens is 1. The van der Waals surface area contributed by atoms with Gasteiger partial charge in [0.25, 0.3) is 0 Å². The predicted molar refractivity (Wildman–Crippen MR) is 94.6 cm³/mol. The number of halogens is 2. The lowest BCUT2D eigenvalue weighted by atomic mass is 10.1. The first-order valence-electron chi connectivity index (χ1n) is 8.63. The third kappa shape index (κ3) is 4.25. The van der Waals surface area contributed by atoms with Crippen molar-refractivity contribution in [1.82, 2.24) is 10.1 Å². The van der Waals surface area contributed by atoms with Gasteiger partial charge < -0.3 is 9.42 Å². The zero-order valence-electron chi connectivity index (χ0n) is 14.5. The van der Waals surface area contributed by atoms with Crippen LogP contribution in [0.1, 0.15) is 24.6 Å². The van der Waals surface area contributed by atoms with Crippen LogP contribution >= 0.6 is 0 Å². The Labute approximate surface area is 150 Å². The van der Waals surface area contributed by atoms with Gasteiger partial charge in [0.1, 0.15) is 17.3 Å². The third-order valence-electron chi connectivity index (χ3n) is 4.23. The lowest BCUT2D eigenvalue weighted by Crippen LogP contribution is -2.35. The van der Waals surface area contributed by atoms with Gasteiger partial charge in [0.05, 0.1) is 6.42 Å². The summed E-state index contributed by atoms with van der Waals surface area (Å²) in [5, 5.41) is 4.42. The highest BCUT2D eigenvalue weighted by molar-refractivity contribution is 5.86. The van der Waals surface area contributed by atoms with Crippen molar-refractivity contribution in [2.24, 2.45) is 0 Å². The van der Waals surface area contributed by atoms with Crippen LogP contribution in [-0.2, 0) is 17.6 Å². The predicted octanol–water partition coefficient (Wildman–Crippen LogP) is 4.13. The van der Waals surface area contributed by atoms with Gasteiger partial charge in [-0.05, 0) is 48.7 Å². The Morgan fingerprint density at radius 1 is 1.12 bits per heavy atom. The van der Waals surface area contributed by atoms with Gasteiger partial charge in [0.15, 0.2) is 5.58 Å². The largest absolute Gasteiger partial charge is 0.356 e. The third-order valence-corrected chi connectivity index (χ3v) is 4.23. The van der Waals surface area contributed by atoms with Crippen molar-refractivity contribution in [3.63, 3.8) is 0 Å². The second-order valence-corrected chi connectivity index (χ2v) is 6.21. The van der Waals surface area contributed by atoms with Gasteiger partial charge in [0.2, 0.25) is 5.91 Å². The molecule has 0 atom stereocenters. The number of amides is 1. The summed E-state index contributed by atoms with van der Waals surface area (Å²) in [7, 11) is 0. The van der Waals surface area contributed by atoms with Gasteiger partial charge in [-0.25, -0.2) is 8.78 Å². The Morgan fingerprint density at radius 2 is 1.92 bits per heavy atom. The lowest BCUT2D eigenvalue weighted by molar-refractivity contribution is -0.130. The van der Waals surface area contributed by atoms with Gasteiger partial charge in [-0.2, -0.15) is 0 Å². The molecule has 0 saturated heterocycles. The van der Waals surface area contributed by atoms with Crippen LogP contribution in [0.4, 0.5) is 8.78 Å². The Hall–Kier alpha value is -2.76. The summed E-state index contributed by atoms with van der Waals surface area (Å²) in [6.45, 7) is 3.07. The van der Waals surface area contributed by atoms with E-state index in [1.165, 1.54) is 30.3 Å². The first-order chi connectivity index (χ1) is 12.6. The van der Waals surface area contributed by atoms with Crippen molar-refractivity contribution < 1.29 is 18.1 Å². The van der Waals surface area contributed by atoms with E-state index in [4.69, 9.17) is 4.52 Å². The van der Waals surface area contributed by atoms with E-state index in [2.05, 4.69) is 5.16 Å². The Kier molecular flexibility index (Phi) is 5.61. The molecule has 1 heterocycles. The molecule has 0 spiro atoms. The van der Waals surface area contributed by atoms with Crippen LogP contribution in [-0.4, -0.2) is 29.1 Å². The van der Waals surface area contributed by atoms with Crippen LogP contribution in [0.25, 0.3) is 11.0 Å². The van der Waals surface area contributed by atoms with E-state index in [9.17, 15) is 13.6 Å². The molecule has 3 aromatic rings. The lowest BCUT2D eigenvalue weighted by Gasteiger charge is -2.22. The zero-order chi connectivity index (χ0) is 18.5. The van der Waals surface area contributed by atoms with Crippen LogP contribution in [0.5, 0.6) is 0 Å². The molecule has 3 rings (SSSR count). The fourth-order valence-electron chi connectivity index (χ4n) is 2.93. The molecule has 136 valence electrons. The molecular weight excluding hydrogens is 338 g/mol. The number of hydrogen-bond acceptors (Lipinski definition) is 3. The molecule has 1 amide bonds. The standard InChI is InChI=1S/C20H20F2N2O2/c1-2-9-24(10-8-14-4-3-5-15(21)11-14)20(25)13-18-17-12-16(22)6-7-19(17)26-23-18/h3-7,11-12H,2,8-10,13H2,1H3. The van der Waals surface area contributed by atoms with Crippen molar-refractivity contribution in [2.45, 2.75) is 26.2 Å². The average molecular weight is 358 g/mol. The van der Waals surface area contributed by atoms with E-state index in [0.29, 0.717) is 36.2 Å². The monoisotopic (exact) mass is 358 g/mol. The van der Waals surface area contributed by atoms with E-state index in [-0.39, 0.29) is 18.1 Å². The van der Waals surface area contributed by atoms with Gasteiger partial charge in [-0.1, -0.05) is 24.2 Å². The van der Waals surface area contributed by atoms with Crippen molar-refractivity contribution in [2.75, 3.05) is 13.1 Å². The summed E-state index contributed by atoms with van der Waals surface area (Å²) in [6.07, 6.45) is 1.42.